The van der Waals surface area contributed by atoms with Crippen molar-refractivity contribution in [2.24, 2.45) is 0 Å². The Labute approximate surface area is 111 Å². The van der Waals surface area contributed by atoms with Gasteiger partial charge in [-0.1, -0.05) is 6.08 Å². The highest BCUT2D eigenvalue weighted by molar-refractivity contribution is 7.94. The molecule has 0 amide bonds. The number of sulfone groups is 1. The molecule has 0 fully saturated rings. The average Bonchev–Trinajstić information content (AvgIpc) is 2.86. The molecule has 0 radical (unpaired) electrons. The third-order valence-corrected chi connectivity index (χ3v) is 5.25. The summed E-state index contributed by atoms with van der Waals surface area (Å²) in [7, 11) is -5.44. The maximum atomic E-state index is 12.0. The van der Waals surface area contributed by atoms with E-state index in [1.807, 2.05) is 0 Å². The molecular weight excluding hydrogens is 292 g/mol. The van der Waals surface area contributed by atoms with Crippen molar-refractivity contribution in [2.45, 2.75) is 17.7 Å². The van der Waals surface area contributed by atoms with Gasteiger partial charge in [0.15, 0.2) is 9.84 Å². The van der Waals surface area contributed by atoms with Crippen molar-refractivity contribution in [3.05, 3.63) is 29.4 Å². The summed E-state index contributed by atoms with van der Waals surface area (Å²) in [6.07, 6.45) is 1.31. The van der Waals surface area contributed by atoms with E-state index in [1.54, 1.807) is 13.1 Å². The normalized spacial score (nSPS) is 21.8. The molecule has 1 aromatic rings. The lowest BCUT2D eigenvalue weighted by Crippen LogP contribution is -2.35. The Morgan fingerprint density at radius 2 is 2.16 bits per heavy atom. The van der Waals surface area contributed by atoms with Crippen molar-refractivity contribution in [2.75, 3.05) is 12.8 Å². The Kier molecular flexibility index (Phi) is 3.81. The van der Waals surface area contributed by atoms with Crippen LogP contribution in [0.15, 0.2) is 33.1 Å². The second-order valence-corrected chi connectivity index (χ2v) is 7.71. The molecular formula is C10H14N2O5S2. The molecule has 1 aromatic heterocycles. The zero-order valence-electron chi connectivity index (χ0n) is 10.2. The van der Waals surface area contributed by atoms with Crippen molar-refractivity contribution in [3.8, 4) is 0 Å². The third kappa shape index (κ3) is 3.44. The number of furan rings is 1. The largest absolute Gasteiger partial charge is 0.447 e. The summed E-state index contributed by atoms with van der Waals surface area (Å²) >= 11 is 0. The van der Waals surface area contributed by atoms with Crippen molar-refractivity contribution in [3.63, 3.8) is 0 Å². The highest BCUT2D eigenvalue weighted by Gasteiger charge is 2.28. The van der Waals surface area contributed by atoms with Crippen LogP contribution in [-0.4, -0.2) is 35.7 Å². The van der Waals surface area contributed by atoms with Gasteiger partial charge in [-0.2, -0.15) is 0 Å². The molecule has 106 valence electrons. The quantitative estimate of drug-likeness (QED) is 0.766. The lowest BCUT2D eigenvalue weighted by molar-refractivity contribution is 0.404. The summed E-state index contributed by atoms with van der Waals surface area (Å²) in [6, 6.07) is 2.13. The van der Waals surface area contributed by atoms with Crippen LogP contribution in [0, 0.1) is 0 Å². The molecule has 1 aliphatic heterocycles. The average molecular weight is 306 g/mol. The summed E-state index contributed by atoms with van der Waals surface area (Å²) in [5.41, 5.74) is 0. The second-order valence-electron chi connectivity index (χ2n) is 4.14. The molecule has 7 nitrogen and oxygen atoms in total. The molecule has 0 aromatic carbocycles. The van der Waals surface area contributed by atoms with Gasteiger partial charge in [0.1, 0.15) is 5.76 Å². The molecule has 2 rings (SSSR count). The fourth-order valence-corrected chi connectivity index (χ4v) is 4.16. The van der Waals surface area contributed by atoms with E-state index in [9.17, 15) is 16.8 Å². The fourth-order valence-electron chi connectivity index (χ4n) is 1.68. The van der Waals surface area contributed by atoms with Gasteiger partial charge in [-0.25, -0.2) is 21.6 Å². The first-order chi connectivity index (χ1) is 8.82. The highest BCUT2D eigenvalue weighted by atomic mass is 32.2. The Morgan fingerprint density at radius 3 is 2.74 bits per heavy atom. The van der Waals surface area contributed by atoms with Gasteiger partial charge in [-0.05, 0) is 19.2 Å². The maximum Gasteiger partial charge on any atom is 0.274 e. The molecule has 2 heterocycles. The standard InChI is InChI=1S/C10H14N2O5S2/c1-11-6-9-2-3-10(17-9)19(15,16)12-8-4-5-18(13,14)7-8/h2-5,8,11-12H,6-7H2,1H3. The van der Waals surface area contributed by atoms with Crippen LogP contribution in [0.4, 0.5) is 0 Å². The number of hydrogen-bond acceptors (Lipinski definition) is 6. The predicted molar refractivity (Wildman–Crippen MR) is 68.5 cm³/mol. The summed E-state index contributed by atoms with van der Waals surface area (Å²) in [4.78, 5) is 0. The van der Waals surface area contributed by atoms with Gasteiger partial charge in [0, 0.05) is 5.41 Å². The minimum Gasteiger partial charge on any atom is -0.447 e. The first-order valence-electron chi connectivity index (χ1n) is 5.49. The molecule has 0 bridgehead atoms. The van der Waals surface area contributed by atoms with Crippen molar-refractivity contribution in [1.29, 1.82) is 0 Å². The van der Waals surface area contributed by atoms with Crippen LogP contribution in [0.2, 0.25) is 0 Å². The van der Waals surface area contributed by atoms with E-state index in [0.29, 0.717) is 12.3 Å². The Bertz CT molecular complexity index is 687. The molecule has 0 saturated carbocycles. The van der Waals surface area contributed by atoms with Crippen LogP contribution in [0.3, 0.4) is 0 Å². The van der Waals surface area contributed by atoms with Gasteiger partial charge < -0.3 is 9.73 Å². The van der Waals surface area contributed by atoms with E-state index in [4.69, 9.17) is 4.42 Å². The molecule has 0 saturated heterocycles. The van der Waals surface area contributed by atoms with Crippen LogP contribution >= 0.6 is 0 Å². The third-order valence-electron chi connectivity index (χ3n) is 2.49. The number of sulfonamides is 1. The van der Waals surface area contributed by atoms with Crippen LogP contribution in [-0.2, 0) is 26.4 Å². The minimum atomic E-state index is -3.85. The molecule has 0 aliphatic carbocycles. The van der Waals surface area contributed by atoms with E-state index in [2.05, 4.69) is 10.0 Å². The minimum absolute atomic E-state index is 0.226. The topological polar surface area (TPSA) is 105 Å². The highest BCUT2D eigenvalue weighted by Crippen LogP contribution is 2.16. The Hall–Kier alpha value is -1.16. The van der Waals surface area contributed by atoms with Gasteiger partial charge in [0.05, 0.1) is 18.3 Å². The van der Waals surface area contributed by atoms with Crippen LogP contribution in [0.1, 0.15) is 5.76 Å². The van der Waals surface area contributed by atoms with Crippen molar-refractivity contribution in [1.82, 2.24) is 10.0 Å². The smallest absolute Gasteiger partial charge is 0.274 e. The van der Waals surface area contributed by atoms with E-state index in [1.165, 1.54) is 12.1 Å². The number of nitrogens with one attached hydrogen (secondary N) is 2. The van der Waals surface area contributed by atoms with Crippen LogP contribution in [0.5, 0.6) is 0 Å². The van der Waals surface area contributed by atoms with Crippen molar-refractivity contribution < 1.29 is 21.3 Å². The van der Waals surface area contributed by atoms with Gasteiger partial charge >= 0.3 is 0 Å². The van der Waals surface area contributed by atoms with Crippen LogP contribution in [0.25, 0.3) is 0 Å². The van der Waals surface area contributed by atoms with E-state index in [-0.39, 0.29) is 10.8 Å². The molecule has 1 unspecified atom stereocenters. The van der Waals surface area contributed by atoms with Crippen molar-refractivity contribution >= 4 is 19.9 Å². The van der Waals surface area contributed by atoms with E-state index in [0.717, 1.165) is 5.41 Å². The summed E-state index contributed by atoms with van der Waals surface area (Å²) in [6.45, 7) is 0.410. The van der Waals surface area contributed by atoms with E-state index >= 15 is 0 Å². The van der Waals surface area contributed by atoms with Gasteiger partial charge in [0.2, 0.25) is 5.09 Å². The van der Waals surface area contributed by atoms with Gasteiger partial charge in [-0.15, -0.1) is 0 Å². The first kappa shape index (κ1) is 14.3. The molecule has 1 aliphatic rings. The lowest BCUT2D eigenvalue weighted by atomic mass is 10.4. The summed E-state index contributed by atoms with van der Waals surface area (Å²) in [5, 5.41) is 3.62. The number of rotatable bonds is 5. The fraction of sp³-hybridized carbons (Fsp3) is 0.400. The summed E-state index contributed by atoms with van der Waals surface area (Å²) in [5.74, 6) is 0.216. The second kappa shape index (κ2) is 5.08. The molecule has 0 spiro atoms. The number of hydrogen-bond donors (Lipinski definition) is 2. The predicted octanol–water partition coefficient (Wildman–Crippen LogP) is -0.412. The maximum absolute atomic E-state index is 12.0. The Balaban J connectivity index is 2.12. The first-order valence-corrected chi connectivity index (χ1v) is 8.69. The monoisotopic (exact) mass is 306 g/mol. The zero-order valence-corrected chi connectivity index (χ0v) is 11.8. The molecule has 9 heteroatoms. The van der Waals surface area contributed by atoms with Gasteiger partial charge in [0.25, 0.3) is 10.0 Å². The Morgan fingerprint density at radius 1 is 1.42 bits per heavy atom. The molecule has 19 heavy (non-hydrogen) atoms. The lowest BCUT2D eigenvalue weighted by Gasteiger charge is -2.08. The van der Waals surface area contributed by atoms with Gasteiger partial charge in [-0.3, -0.25) is 0 Å². The molecule has 2 N–H and O–H groups in total. The SMILES string of the molecule is CNCc1ccc(S(=O)(=O)NC2C=CS(=O)(=O)C2)o1. The van der Waals surface area contributed by atoms with Crippen LogP contribution < -0.4 is 10.0 Å². The zero-order chi connectivity index (χ0) is 14.1. The summed E-state index contributed by atoms with van der Waals surface area (Å²) < 4.78 is 53.8. The molecule has 1 atom stereocenters. The van der Waals surface area contributed by atoms with E-state index < -0.39 is 25.9 Å².